The number of aryl methyl sites for hydroxylation is 1. The predicted octanol–water partition coefficient (Wildman–Crippen LogP) is 5.23. The van der Waals surface area contributed by atoms with Gasteiger partial charge < -0.3 is 9.80 Å². The molecule has 1 amide bonds. The molecule has 0 radical (unpaired) electrons. The second-order valence-corrected chi connectivity index (χ2v) is 9.42. The number of hydrogen-bond donors (Lipinski definition) is 0. The van der Waals surface area contributed by atoms with Crippen LogP contribution < -0.4 is 4.90 Å². The minimum atomic E-state index is -0.939. The van der Waals surface area contributed by atoms with Crippen molar-refractivity contribution in [1.29, 1.82) is 0 Å². The zero-order valence-corrected chi connectivity index (χ0v) is 19.3. The van der Waals surface area contributed by atoms with E-state index in [-0.39, 0.29) is 11.9 Å². The number of carbonyl (C=O) groups is 1. The van der Waals surface area contributed by atoms with E-state index < -0.39 is 11.6 Å². The first-order valence-corrected chi connectivity index (χ1v) is 11.8. The lowest BCUT2D eigenvalue weighted by molar-refractivity contribution is 0.00786. The molecular weight excluding hydrogens is 446 g/mol. The van der Waals surface area contributed by atoms with Crippen molar-refractivity contribution in [2.75, 3.05) is 24.5 Å². The number of nitrogens with zero attached hydrogens (tertiary/aromatic N) is 4. The highest BCUT2D eigenvalue weighted by Crippen LogP contribution is 2.37. The van der Waals surface area contributed by atoms with Crippen molar-refractivity contribution in [3.05, 3.63) is 89.6 Å². The molecule has 0 spiro atoms. The fourth-order valence-electron chi connectivity index (χ4n) is 5.25. The molecule has 1 aromatic heterocycles. The Morgan fingerprint density at radius 3 is 2.54 bits per heavy atom. The van der Waals surface area contributed by atoms with Gasteiger partial charge in [-0.15, -0.1) is 0 Å². The van der Waals surface area contributed by atoms with Gasteiger partial charge in [0.25, 0.3) is 5.91 Å². The van der Waals surface area contributed by atoms with Crippen LogP contribution in [0, 0.1) is 24.5 Å². The van der Waals surface area contributed by atoms with Crippen molar-refractivity contribution < 1.29 is 13.6 Å². The molecule has 0 aliphatic carbocycles. The fraction of sp³-hybridized carbons (Fsp3) is 0.250. The number of aromatic nitrogens is 2. The minimum Gasteiger partial charge on any atom is -0.353 e. The molecule has 3 aromatic carbocycles. The Balaban J connectivity index is 1.26. The number of fused-ring (bicyclic) bond motifs is 2. The average molecular weight is 471 g/mol. The molecule has 4 aromatic rings. The maximum Gasteiger partial charge on any atom is 0.254 e. The molecule has 7 heteroatoms. The first-order valence-electron chi connectivity index (χ1n) is 11.8. The van der Waals surface area contributed by atoms with E-state index in [0.717, 1.165) is 53.9 Å². The van der Waals surface area contributed by atoms with Crippen molar-refractivity contribution in [2.45, 2.75) is 19.4 Å². The zero-order valence-electron chi connectivity index (χ0n) is 19.3. The molecule has 2 atom stereocenters. The molecule has 2 aliphatic rings. The lowest BCUT2D eigenvalue weighted by Crippen LogP contribution is -2.65. The van der Waals surface area contributed by atoms with E-state index >= 15 is 0 Å². The van der Waals surface area contributed by atoms with E-state index in [1.165, 1.54) is 0 Å². The van der Waals surface area contributed by atoms with Crippen LogP contribution in [0.3, 0.4) is 0 Å². The van der Waals surface area contributed by atoms with Gasteiger partial charge in [-0.2, -0.15) is 0 Å². The predicted molar refractivity (Wildman–Crippen MR) is 131 cm³/mol. The Bertz CT molecular complexity index is 1440. The lowest BCUT2D eigenvalue weighted by Gasteiger charge is -2.53. The van der Waals surface area contributed by atoms with Crippen molar-refractivity contribution in [2.24, 2.45) is 5.92 Å². The van der Waals surface area contributed by atoms with Crippen LogP contribution in [0.2, 0.25) is 0 Å². The number of amides is 1. The van der Waals surface area contributed by atoms with E-state index in [1.54, 1.807) is 6.20 Å². The Kier molecular flexibility index (Phi) is 5.20. The molecule has 2 saturated heterocycles. The van der Waals surface area contributed by atoms with Gasteiger partial charge in [-0.3, -0.25) is 9.78 Å². The van der Waals surface area contributed by atoms with Crippen molar-refractivity contribution in [1.82, 2.24) is 14.9 Å². The van der Waals surface area contributed by atoms with Crippen LogP contribution in [0.4, 0.5) is 14.6 Å². The van der Waals surface area contributed by atoms with Crippen LogP contribution in [-0.4, -0.2) is 46.5 Å². The largest absolute Gasteiger partial charge is 0.353 e. The molecule has 2 fully saturated rings. The van der Waals surface area contributed by atoms with Crippen molar-refractivity contribution in [3.8, 4) is 11.1 Å². The number of benzene rings is 3. The highest BCUT2D eigenvalue weighted by Gasteiger charge is 2.45. The molecule has 176 valence electrons. The van der Waals surface area contributed by atoms with E-state index in [4.69, 9.17) is 0 Å². The molecule has 0 unspecified atom stereocenters. The Labute approximate surface area is 202 Å². The summed E-state index contributed by atoms with van der Waals surface area (Å²) in [6.07, 6.45) is 2.53. The summed E-state index contributed by atoms with van der Waals surface area (Å²) in [6.45, 7) is 4.16. The van der Waals surface area contributed by atoms with Gasteiger partial charge in [0.2, 0.25) is 0 Å². The van der Waals surface area contributed by atoms with E-state index in [1.807, 2.05) is 60.4 Å². The summed E-state index contributed by atoms with van der Waals surface area (Å²) in [4.78, 5) is 26.6. The molecular formula is C28H24F2N4O. The van der Waals surface area contributed by atoms with E-state index in [0.29, 0.717) is 29.3 Å². The average Bonchev–Trinajstić information content (AvgIpc) is 2.85. The first kappa shape index (κ1) is 21.6. The van der Waals surface area contributed by atoms with Crippen LogP contribution >= 0.6 is 0 Å². The van der Waals surface area contributed by atoms with Gasteiger partial charge in [-0.05, 0) is 30.5 Å². The number of anilines is 1. The quantitative estimate of drug-likeness (QED) is 0.411. The van der Waals surface area contributed by atoms with E-state index in [2.05, 4.69) is 14.9 Å². The minimum absolute atomic E-state index is 0.0396. The summed E-state index contributed by atoms with van der Waals surface area (Å²) in [6, 6.07) is 18.2. The number of likely N-dealkylation sites (tertiary alicyclic amines) is 1. The number of hydrogen-bond acceptors (Lipinski definition) is 4. The Hall–Kier alpha value is -3.87. The standard InChI is InChI=1S/C28H24F2N4O/c1-17-7-8-20(18-5-3-2-4-6-18)21(11-17)28(35)34-15-19-9-10-33(16-26(19)34)27-14-31-24-12-22(29)23(30)13-25(24)32-27/h2-8,11-14,19,26H,9-10,15-16H2,1H3/t19-,26-/m1/s1. The van der Waals surface area contributed by atoms with Gasteiger partial charge in [0.15, 0.2) is 11.6 Å². The highest BCUT2D eigenvalue weighted by molar-refractivity contribution is 6.01. The third kappa shape index (κ3) is 3.81. The number of carbonyl (C=O) groups excluding carboxylic acids is 1. The van der Waals surface area contributed by atoms with Gasteiger partial charge in [0.05, 0.1) is 23.3 Å². The summed E-state index contributed by atoms with van der Waals surface area (Å²) in [5, 5.41) is 0. The number of piperidine rings is 1. The second kappa shape index (κ2) is 8.41. The van der Waals surface area contributed by atoms with Crippen LogP contribution in [-0.2, 0) is 0 Å². The zero-order chi connectivity index (χ0) is 24.1. The van der Waals surface area contributed by atoms with Crippen molar-refractivity contribution >= 4 is 22.8 Å². The SMILES string of the molecule is Cc1ccc(-c2ccccc2)c(C(=O)N2C[C@H]3CCN(c4cnc5cc(F)c(F)cc5n4)C[C@H]32)c1. The molecule has 0 bridgehead atoms. The fourth-order valence-corrected chi connectivity index (χ4v) is 5.25. The summed E-state index contributed by atoms with van der Waals surface area (Å²) in [7, 11) is 0. The van der Waals surface area contributed by atoms with Crippen molar-refractivity contribution in [3.63, 3.8) is 0 Å². The third-order valence-corrected chi connectivity index (χ3v) is 7.20. The molecule has 6 rings (SSSR count). The normalized spacial score (nSPS) is 19.4. The van der Waals surface area contributed by atoms with Gasteiger partial charge in [0.1, 0.15) is 5.82 Å². The van der Waals surface area contributed by atoms with Gasteiger partial charge in [0, 0.05) is 43.2 Å². The second-order valence-electron chi connectivity index (χ2n) is 9.42. The molecule has 0 N–H and O–H groups in total. The Morgan fingerprint density at radius 2 is 1.74 bits per heavy atom. The highest BCUT2D eigenvalue weighted by atomic mass is 19.2. The monoisotopic (exact) mass is 470 g/mol. The summed E-state index contributed by atoms with van der Waals surface area (Å²) < 4.78 is 27.3. The van der Waals surface area contributed by atoms with Gasteiger partial charge >= 0.3 is 0 Å². The maximum absolute atomic E-state index is 13.7. The van der Waals surface area contributed by atoms with Gasteiger partial charge in [-0.1, -0.05) is 48.0 Å². The lowest BCUT2D eigenvalue weighted by atomic mass is 9.81. The molecule has 5 nitrogen and oxygen atoms in total. The van der Waals surface area contributed by atoms with Crippen LogP contribution in [0.1, 0.15) is 22.3 Å². The van der Waals surface area contributed by atoms with Crippen LogP contribution in [0.5, 0.6) is 0 Å². The topological polar surface area (TPSA) is 49.3 Å². The summed E-state index contributed by atoms with van der Waals surface area (Å²) in [5.41, 5.74) is 4.36. The van der Waals surface area contributed by atoms with E-state index in [9.17, 15) is 13.6 Å². The van der Waals surface area contributed by atoms with Crippen LogP contribution in [0.15, 0.2) is 66.9 Å². The summed E-state index contributed by atoms with van der Waals surface area (Å²) in [5.74, 6) is -0.777. The molecule has 0 saturated carbocycles. The molecule has 3 heterocycles. The smallest absolute Gasteiger partial charge is 0.254 e. The Morgan fingerprint density at radius 1 is 0.971 bits per heavy atom. The number of rotatable bonds is 3. The molecule has 2 aliphatic heterocycles. The maximum atomic E-state index is 13.7. The van der Waals surface area contributed by atoms with Gasteiger partial charge in [-0.25, -0.2) is 13.8 Å². The summed E-state index contributed by atoms with van der Waals surface area (Å²) >= 11 is 0. The number of halogens is 2. The molecule has 35 heavy (non-hydrogen) atoms. The van der Waals surface area contributed by atoms with Crippen LogP contribution in [0.25, 0.3) is 22.2 Å². The third-order valence-electron chi connectivity index (χ3n) is 7.20. The first-order chi connectivity index (χ1) is 17.0.